The largest absolute Gasteiger partial charge is 0.324 e. The molecule has 0 spiro atoms. The lowest BCUT2D eigenvalue weighted by atomic mass is 10.3. The molecular weight excluding hydrogens is 258 g/mol. The first kappa shape index (κ1) is 11.7. The molecule has 2 aliphatic carbocycles. The van der Waals surface area contributed by atoms with Crippen molar-refractivity contribution >= 4 is 22.6 Å². The molecule has 2 fully saturated rings. The fraction of sp³-hybridized carbons (Fsp3) is 0.533. The summed E-state index contributed by atoms with van der Waals surface area (Å²) in [6, 6.07) is 6.64. The van der Waals surface area contributed by atoms with Crippen LogP contribution in [0.1, 0.15) is 37.5 Å². The Hall–Kier alpha value is -1.06. The fourth-order valence-corrected chi connectivity index (χ4v) is 2.86. The van der Waals surface area contributed by atoms with Gasteiger partial charge in [-0.1, -0.05) is 11.6 Å². The van der Waals surface area contributed by atoms with Crippen LogP contribution in [0.3, 0.4) is 0 Å². The number of nitrogens with zero attached hydrogens (tertiary/aromatic N) is 2. The van der Waals surface area contributed by atoms with Crippen LogP contribution in [-0.2, 0) is 6.54 Å². The van der Waals surface area contributed by atoms with Crippen molar-refractivity contribution in [1.82, 2.24) is 14.9 Å². The van der Waals surface area contributed by atoms with E-state index in [1.165, 1.54) is 37.0 Å². The molecule has 0 atom stereocenters. The Kier molecular flexibility index (Phi) is 2.78. The second-order valence-electron chi connectivity index (χ2n) is 5.84. The van der Waals surface area contributed by atoms with E-state index in [0.717, 1.165) is 29.5 Å². The average Bonchev–Trinajstić information content (AvgIpc) is 3.28. The second kappa shape index (κ2) is 4.50. The van der Waals surface area contributed by atoms with Gasteiger partial charge in [0.2, 0.25) is 0 Å². The van der Waals surface area contributed by atoms with Gasteiger partial charge in [0, 0.05) is 11.1 Å². The molecule has 3 nitrogen and oxygen atoms in total. The molecule has 2 saturated carbocycles. The minimum Gasteiger partial charge on any atom is -0.324 e. The molecule has 2 aliphatic rings. The van der Waals surface area contributed by atoms with E-state index in [4.69, 9.17) is 16.6 Å². The van der Waals surface area contributed by atoms with Gasteiger partial charge in [-0.15, -0.1) is 0 Å². The summed E-state index contributed by atoms with van der Waals surface area (Å²) in [5.74, 6) is 2.08. The van der Waals surface area contributed by atoms with Crippen molar-refractivity contribution in [2.45, 2.75) is 38.3 Å². The number of fused-ring (bicyclic) bond motifs is 1. The SMILES string of the molecule is Clc1ccc2nc(CNCC3CC3)n(C3CC3)c2c1. The monoisotopic (exact) mass is 275 g/mol. The Bertz CT molecular complexity index is 611. The number of benzene rings is 1. The minimum absolute atomic E-state index is 0.640. The van der Waals surface area contributed by atoms with Crippen molar-refractivity contribution in [2.24, 2.45) is 5.92 Å². The van der Waals surface area contributed by atoms with E-state index < -0.39 is 0 Å². The van der Waals surface area contributed by atoms with Crippen molar-refractivity contribution < 1.29 is 0 Å². The molecule has 1 aromatic heterocycles. The standard InChI is InChI=1S/C15H18ClN3/c16-11-3-6-13-14(7-11)19(12-4-5-12)15(18-13)9-17-8-10-1-2-10/h3,6-7,10,12,17H,1-2,4-5,8-9H2. The average molecular weight is 276 g/mol. The van der Waals surface area contributed by atoms with Gasteiger partial charge in [0.25, 0.3) is 0 Å². The lowest BCUT2D eigenvalue weighted by Gasteiger charge is -2.08. The topological polar surface area (TPSA) is 29.9 Å². The highest BCUT2D eigenvalue weighted by molar-refractivity contribution is 6.31. The Morgan fingerprint density at radius 3 is 2.84 bits per heavy atom. The predicted octanol–water partition coefficient (Wildman–Crippen LogP) is 3.52. The third-order valence-corrected chi connectivity index (χ3v) is 4.28. The summed E-state index contributed by atoms with van der Waals surface area (Å²) in [6.07, 6.45) is 5.32. The molecule has 100 valence electrons. The van der Waals surface area contributed by atoms with Gasteiger partial charge in [0.05, 0.1) is 17.6 Å². The zero-order valence-electron chi connectivity index (χ0n) is 10.9. The van der Waals surface area contributed by atoms with E-state index in [0.29, 0.717) is 6.04 Å². The second-order valence-corrected chi connectivity index (χ2v) is 6.27. The van der Waals surface area contributed by atoms with Gasteiger partial charge in [-0.3, -0.25) is 0 Å². The number of imidazole rings is 1. The van der Waals surface area contributed by atoms with E-state index >= 15 is 0 Å². The van der Waals surface area contributed by atoms with Crippen LogP contribution in [0.2, 0.25) is 5.02 Å². The summed E-state index contributed by atoms with van der Waals surface area (Å²) in [4.78, 5) is 4.77. The predicted molar refractivity (Wildman–Crippen MR) is 77.4 cm³/mol. The van der Waals surface area contributed by atoms with Crippen LogP contribution in [0.25, 0.3) is 11.0 Å². The van der Waals surface area contributed by atoms with E-state index in [-0.39, 0.29) is 0 Å². The maximum Gasteiger partial charge on any atom is 0.124 e. The molecule has 0 radical (unpaired) electrons. The molecule has 19 heavy (non-hydrogen) atoms. The molecule has 1 heterocycles. The summed E-state index contributed by atoms with van der Waals surface area (Å²) in [5.41, 5.74) is 2.26. The number of rotatable bonds is 5. The Morgan fingerprint density at radius 1 is 1.26 bits per heavy atom. The number of halogens is 1. The molecule has 4 rings (SSSR count). The van der Waals surface area contributed by atoms with Crippen LogP contribution in [0.5, 0.6) is 0 Å². The number of hydrogen-bond donors (Lipinski definition) is 1. The van der Waals surface area contributed by atoms with Crippen molar-refractivity contribution in [2.75, 3.05) is 6.54 Å². The maximum atomic E-state index is 6.12. The molecule has 1 N–H and O–H groups in total. The van der Waals surface area contributed by atoms with E-state index in [2.05, 4.69) is 9.88 Å². The highest BCUT2D eigenvalue weighted by Crippen LogP contribution is 2.39. The highest BCUT2D eigenvalue weighted by Gasteiger charge is 2.28. The molecule has 0 unspecified atom stereocenters. The van der Waals surface area contributed by atoms with Crippen molar-refractivity contribution in [3.8, 4) is 0 Å². The molecule has 0 amide bonds. The van der Waals surface area contributed by atoms with Gasteiger partial charge >= 0.3 is 0 Å². The number of nitrogens with one attached hydrogen (secondary N) is 1. The third-order valence-electron chi connectivity index (χ3n) is 4.05. The zero-order valence-corrected chi connectivity index (χ0v) is 11.7. The lowest BCUT2D eigenvalue weighted by molar-refractivity contribution is 0.589. The molecule has 0 saturated heterocycles. The minimum atomic E-state index is 0.640. The first-order valence-electron chi connectivity index (χ1n) is 7.18. The molecule has 1 aromatic carbocycles. The van der Waals surface area contributed by atoms with Gasteiger partial charge < -0.3 is 9.88 Å². The van der Waals surface area contributed by atoms with Gasteiger partial charge in [-0.25, -0.2) is 4.98 Å². The Balaban J connectivity index is 1.65. The first-order valence-corrected chi connectivity index (χ1v) is 7.56. The Labute approximate surface area is 118 Å². The summed E-state index contributed by atoms with van der Waals surface area (Å²) < 4.78 is 2.39. The molecule has 4 heteroatoms. The normalized spacial score (nSPS) is 19.2. The molecule has 2 aromatic rings. The van der Waals surface area contributed by atoms with E-state index in [1.54, 1.807) is 0 Å². The molecule has 0 bridgehead atoms. The van der Waals surface area contributed by atoms with Crippen LogP contribution in [0, 0.1) is 5.92 Å². The number of hydrogen-bond acceptors (Lipinski definition) is 2. The summed E-state index contributed by atoms with van der Waals surface area (Å²) in [6.45, 7) is 2.01. The quantitative estimate of drug-likeness (QED) is 0.905. The first-order chi connectivity index (χ1) is 9.31. The molecular formula is C15H18ClN3. The van der Waals surface area contributed by atoms with Gasteiger partial charge in [0.1, 0.15) is 5.82 Å². The van der Waals surface area contributed by atoms with Gasteiger partial charge in [-0.05, 0) is 56.3 Å². The van der Waals surface area contributed by atoms with Crippen LogP contribution in [-0.4, -0.2) is 16.1 Å². The van der Waals surface area contributed by atoms with Crippen LogP contribution >= 0.6 is 11.6 Å². The van der Waals surface area contributed by atoms with Crippen LogP contribution in [0.4, 0.5) is 0 Å². The van der Waals surface area contributed by atoms with Crippen LogP contribution < -0.4 is 5.32 Å². The third kappa shape index (κ3) is 2.37. The summed E-state index contributed by atoms with van der Waals surface area (Å²) in [7, 11) is 0. The highest BCUT2D eigenvalue weighted by atomic mass is 35.5. The maximum absolute atomic E-state index is 6.12. The smallest absolute Gasteiger partial charge is 0.124 e. The summed E-state index contributed by atoms with van der Waals surface area (Å²) in [5, 5.41) is 4.34. The van der Waals surface area contributed by atoms with Gasteiger partial charge in [-0.2, -0.15) is 0 Å². The van der Waals surface area contributed by atoms with E-state index in [9.17, 15) is 0 Å². The van der Waals surface area contributed by atoms with Crippen molar-refractivity contribution in [3.63, 3.8) is 0 Å². The van der Waals surface area contributed by atoms with Crippen molar-refractivity contribution in [1.29, 1.82) is 0 Å². The fourth-order valence-electron chi connectivity index (χ4n) is 2.69. The number of aromatic nitrogens is 2. The van der Waals surface area contributed by atoms with Crippen LogP contribution in [0.15, 0.2) is 18.2 Å². The lowest BCUT2D eigenvalue weighted by Crippen LogP contribution is -2.19. The van der Waals surface area contributed by atoms with Crippen molar-refractivity contribution in [3.05, 3.63) is 29.0 Å². The zero-order chi connectivity index (χ0) is 12.8. The van der Waals surface area contributed by atoms with Gasteiger partial charge in [0.15, 0.2) is 0 Å². The summed E-state index contributed by atoms with van der Waals surface area (Å²) >= 11 is 6.12. The Morgan fingerprint density at radius 2 is 2.11 bits per heavy atom. The van der Waals surface area contributed by atoms with E-state index in [1.807, 2.05) is 18.2 Å². The molecule has 0 aliphatic heterocycles.